The van der Waals surface area contributed by atoms with Gasteiger partial charge in [-0.15, -0.1) is 0 Å². The highest BCUT2D eigenvalue weighted by Crippen LogP contribution is 2.18. The molecule has 0 amide bonds. The Morgan fingerprint density at radius 2 is 2.03 bits per heavy atom. The van der Waals surface area contributed by atoms with Crippen molar-refractivity contribution >= 4 is 28.3 Å². The Hall–Kier alpha value is -3.58. The molecular weight excluding hydrogens is 398 g/mol. The maximum Gasteiger partial charge on any atom is 0.173 e. The zero-order chi connectivity index (χ0) is 21.9. The molecule has 4 heterocycles. The van der Waals surface area contributed by atoms with Crippen molar-refractivity contribution in [3.63, 3.8) is 0 Å². The summed E-state index contributed by atoms with van der Waals surface area (Å²) in [7, 11) is 2.17. The molecular formula is C25H28N7+. The summed E-state index contributed by atoms with van der Waals surface area (Å²) in [5.74, 6) is 0. The van der Waals surface area contributed by atoms with Gasteiger partial charge in [-0.3, -0.25) is 4.98 Å². The monoisotopic (exact) mass is 426 g/mol. The van der Waals surface area contributed by atoms with Crippen molar-refractivity contribution in [2.45, 2.75) is 25.3 Å². The van der Waals surface area contributed by atoms with Crippen LogP contribution in [0.3, 0.4) is 0 Å². The molecule has 0 bridgehead atoms. The largest absolute Gasteiger partial charge is 0.404 e. The van der Waals surface area contributed by atoms with Gasteiger partial charge in [0.1, 0.15) is 0 Å². The van der Waals surface area contributed by atoms with Gasteiger partial charge < -0.3 is 10.6 Å². The molecule has 7 heteroatoms. The molecule has 32 heavy (non-hydrogen) atoms. The van der Waals surface area contributed by atoms with Gasteiger partial charge in [0.2, 0.25) is 0 Å². The number of nitrogens with one attached hydrogen (secondary N) is 1. The highest BCUT2D eigenvalue weighted by atomic mass is 15.3. The summed E-state index contributed by atoms with van der Waals surface area (Å²) in [5, 5.41) is 5.99. The van der Waals surface area contributed by atoms with Crippen LogP contribution in [0.5, 0.6) is 0 Å². The molecule has 0 saturated carbocycles. The predicted molar refractivity (Wildman–Crippen MR) is 127 cm³/mol. The van der Waals surface area contributed by atoms with Crippen LogP contribution >= 0.6 is 0 Å². The van der Waals surface area contributed by atoms with Gasteiger partial charge in [0.15, 0.2) is 17.9 Å². The zero-order valence-electron chi connectivity index (χ0n) is 18.3. The topological polar surface area (TPSA) is 86.3 Å². The molecule has 1 aliphatic heterocycles. The van der Waals surface area contributed by atoms with Crippen LogP contribution in [0, 0.1) is 0 Å². The smallest absolute Gasteiger partial charge is 0.173 e. The first-order valence-electron chi connectivity index (χ1n) is 11.1. The molecule has 5 rings (SSSR count). The zero-order valence-corrected chi connectivity index (χ0v) is 18.3. The molecule has 0 radical (unpaired) electrons. The number of pyridine rings is 1. The Morgan fingerprint density at radius 3 is 2.88 bits per heavy atom. The maximum atomic E-state index is 5.96. The lowest BCUT2D eigenvalue weighted by atomic mass is 10.1. The number of nitrogens with zero attached hydrogens (tertiary/aromatic N) is 5. The molecule has 1 aliphatic rings. The average molecular weight is 427 g/mol. The van der Waals surface area contributed by atoms with E-state index in [-0.39, 0.29) is 0 Å². The predicted octanol–water partition coefficient (Wildman–Crippen LogP) is 1.41. The highest BCUT2D eigenvalue weighted by molar-refractivity contribution is 6.05. The fourth-order valence-electron chi connectivity index (χ4n) is 4.23. The molecule has 3 N–H and O–H groups in total. The SMILES string of the molecule is CN1CCC([NH+]=CC(=CN)c2ccc3ncc(Cc4ccc5ncccc5c4)n3n2)CC1. The Kier molecular flexibility index (Phi) is 5.64. The number of nitrogens with two attached hydrogens (primary N) is 1. The lowest BCUT2D eigenvalue weighted by molar-refractivity contribution is -0.502. The molecule has 3 aromatic heterocycles. The molecule has 1 saturated heterocycles. The normalized spacial score (nSPS) is 16.5. The number of hydrogen-bond acceptors (Lipinski definition) is 5. The number of benzene rings is 1. The fourth-order valence-corrected chi connectivity index (χ4v) is 4.23. The van der Waals surface area contributed by atoms with E-state index in [9.17, 15) is 0 Å². The van der Waals surface area contributed by atoms with Crippen molar-refractivity contribution in [2.24, 2.45) is 5.73 Å². The molecule has 162 valence electrons. The van der Waals surface area contributed by atoms with Crippen LogP contribution in [0.2, 0.25) is 0 Å². The van der Waals surface area contributed by atoms with Crippen LogP contribution in [0.15, 0.2) is 61.1 Å². The summed E-state index contributed by atoms with van der Waals surface area (Å²) in [4.78, 5) is 14.8. The summed E-state index contributed by atoms with van der Waals surface area (Å²) in [6, 6.07) is 14.8. The first-order chi connectivity index (χ1) is 15.7. The average Bonchev–Trinajstić information content (AvgIpc) is 3.22. The van der Waals surface area contributed by atoms with E-state index in [1.807, 2.05) is 41.3 Å². The maximum absolute atomic E-state index is 5.96. The van der Waals surface area contributed by atoms with Crippen molar-refractivity contribution in [2.75, 3.05) is 20.1 Å². The van der Waals surface area contributed by atoms with Crippen LogP contribution in [0.4, 0.5) is 0 Å². The minimum Gasteiger partial charge on any atom is -0.404 e. The molecule has 4 aromatic rings. The van der Waals surface area contributed by atoms with E-state index in [0.717, 1.165) is 65.9 Å². The summed E-state index contributed by atoms with van der Waals surface area (Å²) in [6.45, 7) is 2.22. The van der Waals surface area contributed by atoms with E-state index in [2.05, 4.69) is 51.2 Å². The van der Waals surface area contributed by atoms with Crippen molar-refractivity contribution < 1.29 is 4.99 Å². The van der Waals surface area contributed by atoms with Gasteiger partial charge in [0.25, 0.3) is 0 Å². The van der Waals surface area contributed by atoms with Crippen molar-refractivity contribution in [1.82, 2.24) is 24.5 Å². The number of aromatic nitrogens is 4. The number of likely N-dealkylation sites (tertiary alicyclic amines) is 1. The number of allylic oxidation sites excluding steroid dienone is 1. The summed E-state index contributed by atoms with van der Waals surface area (Å²) < 4.78 is 1.91. The number of piperidine rings is 1. The Labute approximate surface area is 187 Å². The van der Waals surface area contributed by atoms with Gasteiger partial charge in [0, 0.05) is 50.1 Å². The molecule has 0 unspecified atom stereocenters. The molecule has 0 atom stereocenters. The first kappa shape index (κ1) is 20.3. The summed E-state index contributed by atoms with van der Waals surface area (Å²) >= 11 is 0. The standard InChI is InChI=1S/C25H27N7/c1-31-11-8-21(9-12-31)28-16-20(15-26)24-6-7-25-29-17-22(32(25)30-24)14-18-4-5-23-19(13-18)3-2-10-27-23/h2-7,10,13,15-17,21H,8-9,11-12,14,26H2,1H3/p+1. The van der Waals surface area contributed by atoms with Crippen LogP contribution in [0.1, 0.15) is 29.8 Å². The van der Waals surface area contributed by atoms with E-state index < -0.39 is 0 Å². The third kappa shape index (κ3) is 4.24. The van der Waals surface area contributed by atoms with Crippen LogP contribution in [-0.4, -0.2) is 56.9 Å². The van der Waals surface area contributed by atoms with Crippen molar-refractivity contribution in [3.8, 4) is 0 Å². The third-order valence-corrected chi connectivity index (χ3v) is 6.15. The number of fused-ring (bicyclic) bond motifs is 2. The van der Waals surface area contributed by atoms with Gasteiger partial charge >= 0.3 is 0 Å². The highest BCUT2D eigenvalue weighted by Gasteiger charge is 2.19. The van der Waals surface area contributed by atoms with Crippen LogP contribution in [-0.2, 0) is 6.42 Å². The van der Waals surface area contributed by atoms with Crippen molar-refractivity contribution in [1.29, 1.82) is 0 Å². The second kappa shape index (κ2) is 8.88. The fraction of sp³-hybridized carbons (Fsp3) is 0.280. The minimum atomic E-state index is 0.469. The van der Waals surface area contributed by atoms with Gasteiger partial charge in [-0.05, 0) is 42.9 Å². The minimum absolute atomic E-state index is 0.469. The van der Waals surface area contributed by atoms with Crippen LogP contribution in [0.25, 0.3) is 22.1 Å². The quantitative estimate of drug-likeness (QED) is 0.472. The summed E-state index contributed by atoms with van der Waals surface area (Å²) in [6.07, 6.45) is 10.3. The molecule has 1 aromatic carbocycles. The second-order valence-electron chi connectivity index (χ2n) is 8.46. The number of imidazole rings is 1. The Bertz CT molecular complexity index is 1300. The van der Waals surface area contributed by atoms with E-state index in [4.69, 9.17) is 10.8 Å². The molecule has 0 aliphatic carbocycles. The van der Waals surface area contributed by atoms with E-state index in [1.54, 1.807) is 6.20 Å². The Morgan fingerprint density at radius 1 is 1.16 bits per heavy atom. The van der Waals surface area contributed by atoms with Gasteiger partial charge in [-0.2, -0.15) is 5.10 Å². The Balaban J connectivity index is 1.40. The van der Waals surface area contributed by atoms with Gasteiger partial charge in [-0.1, -0.05) is 12.1 Å². The first-order valence-corrected chi connectivity index (χ1v) is 11.1. The van der Waals surface area contributed by atoms with Gasteiger partial charge in [-0.25, -0.2) is 14.5 Å². The lowest BCUT2D eigenvalue weighted by Crippen LogP contribution is -2.78. The van der Waals surface area contributed by atoms with Crippen molar-refractivity contribution in [3.05, 3.63) is 78.0 Å². The molecule has 7 nitrogen and oxygen atoms in total. The van der Waals surface area contributed by atoms with E-state index >= 15 is 0 Å². The summed E-state index contributed by atoms with van der Waals surface area (Å²) in [5.41, 5.74) is 11.7. The third-order valence-electron chi connectivity index (χ3n) is 6.15. The molecule has 0 spiro atoms. The van der Waals surface area contributed by atoms with E-state index in [1.165, 1.54) is 5.56 Å². The van der Waals surface area contributed by atoms with Crippen LogP contribution < -0.4 is 10.7 Å². The van der Waals surface area contributed by atoms with E-state index in [0.29, 0.717) is 6.04 Å². The molecule has 1 fully saturated rings. The van der Waals surface area contributed by atoms with Gasteiger partial charge in [0.05, 0.1) is 28.7 Å². The second-order valence-corrected chi connectivity index (χ2v) is 8.46. The lowest BCUT2D eigenvalue weighted by Gasteiger charge is -2.23. The number of rotatable bonds is 5. The number of hydrogen-bond donors (Lipinski definition) is 2.